The minimum atomic E-state index is 0.0344. The Balaban J connectivity index is 2.21. The average Bonchev–Trinajstić information content (AvgIpc) is 2.89. The molecule has 18 heavy (non-hydrogen) atoms. The van der Waals surface area contributed by atoms with Crippen molar-refractivity contribution in [3.05, 3.63) is 40.2 Å². The largest absolute Gasteiger partial charge is 0.372 e. The van der Waals surface area contributed by atoms with Gasteiger partial charge in [0.15, 0.2) is 0 Å². The van der Waals surface area contributed by atoms with Crippen molar-refractivity contribution in [2.75, 3.05) is 6.61 Å². The highest BCUT2D eigenvalue weighted by Crippen LogP contribution is 2.27. The number of benzene rings is 1. The summed E-state index contributed by atoms with van der Waals surface area (Å²) >= 11 is 1.60. The van der Waals surface area contributed by atoms with Gasteiger partial charge in [0.25, 0.3) is 0 Å². The summed E-state index contributed by atoms with van der Waals surface area (Å²) in [7, 11) is 0. The van der Waals surface area contributed by atoms with Gasteiger partial charge in [0.2, 0.25) is 0 Å². The van der Waals surface area contributed by atoms with E-state index in [2.05, 4.69) is 11.1 Å². The summed E-state index contributed by atoms with van der Waals surface area (Å²) in [6.07, 6.45) is 0.0344. The van der Waals surface area contributed by atoms with Gasteiger partial charge >= 0.3 is 0 Å². The number of hydrogen-bond donors (Lipinski definition) is 0. The number of ether oxygens (including phenoxy) is 1. The van der Waals surface area contributed by atoms with Crippen LogP contribution >= 0.6 is 11.3 Å². The molecule has 0 radical (unpaired) electrons. The highest BCUT2D eigenvalue weighted by Gasteiger charge is 2.11. The zero-order valence-corrected chi connectivity index (χ0v) is 11.2. The van der Waals surface area contributed by atoms with Crippen molar-refractivity contribution < 1.29 is 4.74 Å². The molecule has 0 amide bonds. The van der Waals surface area contributed by atoms with Gasteiger partial charge in [-0.05, 0) is 26.0 Å². The van der Waals surface area contributed by atoms with Gasteiger partial charge in [-0.3, -0.25) is 0 Å². The van der Waals surface area contributed by atoms with Crippen LogP contribution in [0.2, 0.25) is 0 Å². The first-order valence-corrected chi connectivity index (χ1v) is 6.70. The molecule has 0 saturated carbocycles. The Kier molecular flexibility index (Phi) is 4.08. The Morgan fingerprint density at radius 1 is 1.39 bits per heavy atom. The van der Waals surface area contributed by atoms with Crippen LogP contribution in [0.4, 0.5) is 0 Å². The van der Waals surface area contributed by atoms with E-state index in [9.17, 15) is 0 Å². The van der Waals surface area contributed by atoms with Gasteiger partial charge in [-0.2, -0.15) is 5.26 Å². The summed E-state index contributed by atoms with van der Waals surface area (Å²) in [5.74, 6) is 0. The van der Waals surface area contributed by atoms with Crippen LogP contribution in [0.3, 0.4) is 0 Å². The fourth-order valence-electron chi connectivity index (χ4n) is 1.64. The van der Waals surface area contributed by atoms with Crippen molar-refractivity contribution in [3.8, 4) is 17.3 Å². The molecule has 2 aromatic rings. The lowest BCUT2D eigenvalue weighted by Crippen LogP contribution is -1.98. The molecule has 0 N–H and O–H groups in total. The normalized spacial score (nSPS) is 12.1. The summed E-state index contributed by atoms with van der Waals surface area (Å²) < 4.78 is 5.52. The predicted octanol–water partition coefficient (Wildman–Crippen LogP) is 3.78. The summed E-state index contributed by atoms with van der Waals surface area (Å²) in [6.45, 7) is 4.67. The third-order valence-corrected chi connectivity index (χ3v) is 3.60. The van der Waals surface area contributed by atoms with Gasteiger partial charge in [0.05, 0.1) is 17.3 Å². The third kappa shape index (κ3) is 2.76. The molecule has 1 atom stereocenters. The zero-order chi connectivity index (χ0) is 13.0. The number of aromatic nitrogens is 1. The molecule has 2 rings (SSSR count). The van der Waals surface area contributed by atoms with E-state index in [1.807, 2.05) is 31.4 Å². The third-order valence-electron chi connectivity index (χ3n) is 2.60. The van der Waals surface area contributed by atoms with Crippen LogP contribution in [0.5, 0.6) is 0 Å². The Morgan fingerprint density at radius 3 is 2.72 bits per heavy atom. The first kappa shape index (κ1) is 12.7. The van der Waals surface area contributed by atoms with Gasteiger partial charge in [0, 0.05) is 17.6 Å². The second kappa shape index (κ2) is 5.76. The molecule has 92 valence electrons. The Bertz CT molecular complexity index is 554. The number of rotatable bonds is 4. The van der Waals surface area contributed by atoms with Gasteiger partial charge in [-0.15, -0.1) is 11.3 Å². The maximum atomic E-state index is 8.75. The Morgan fingerprint density at radius 2 is 2.11 bits per heavy atom. The molecule has 4 heteroatoms. The van der Waals surface area contributed by atoms with Gasteiger partial charge in [0.1, 0.15) is 11.1 Å². The van der Waals surface area contributed by atoms with Crippen LogP contribution < -0.4 is 0 Å². The van der Waals surface area contributed by atoms with Crippen LogP contribution in [0.1, 0.15) is 30.5 Å². The number of nitriles is 1. The van der Waals surface area contributed by atoms with Crippen molar-refractivity contribution >= 4 is 11.3 Å². The molecule has 0 aliphatic heterocycles. The fraction of sp³-hybridized carbons (Fsp3) is 0.286. The first-order valence-electron chi connectivity index (χ1n) is 5.82. The van der Waals surface area contributed by atoms with Crippen LogP contribution in [-0.4, -0.2) is 11.6 Å². The van der Waals surface area contributed by atoms with E-state index in [1.54, 1.807) is 23.5 Å². The van der Waals surface area contributed by atoms with Gasteiger partial charge < -0.3 is 4.74 Å². The maximum absolute atomic E-state index is 8.75. The first-order chi connectivity index (χ1) is 8.74. The van der Waals surface area contributed by atoms with E-state index >= 15 is 0 Å². The highest BCUT2D eigenvalue weighted by atomic mass is 32.1. The van der Waals surface area contributed by atoms with Crippen LogP contribution in [0.15, 0.2) is 29.6 Å². The van der Waals surface area contributed by atoms with Crippen LogP contribution in [0.25, 0.3) is 11.3 Å². The smallest absolute Gasteiger partial charge is 0.122 e. The maximum Gasteiger partial charge on any atom is 0.122 e. The lowest BCUT2D eigenvalue weighted by molar-refractivity contribution is 0.0762. The van der Waals surface area contributed by atoms with E-state index in [0.717, 1.165) is 16.3 Å². The van der Waals surface area contributed by atoms with E-state index < -0.39 is 0 Å². The molecule has 0 aliphatic carbocycles. The topological polar surface area (TPSA) is 45.9 Å². The summed E-state index contributed by atoms with van der Waals surface area (Å²) in [4.78, 5) is 4.57. The molecule has 1 unspecified atom stereocenters. The minimum absolute atomic E-state index is 0.0344. The van der Waals surface area contributed by atoms with E-state index in [-0.39, 0.29) is 6.10 Å². The number of nitrogens with zero attached hydrogens (tertiary/aromatic N) is 2. The highest BCUT2D eigenvalue weighted by molar-refractivity contribution is 7.10. The summed E-state index contributed by atoms with van der Waals surface area (Å²) in [5, 5.41) is 11.8. The van der Waals surface area contributed by atoms with Crippen LogP contribution in [-0.2, 0) is 4.74 Å². The van der Waals surface area contributed by atoms with Crippen molar-refractivity contribution in [1.29, 1.82) is 5.26 Å². The number of hydrogen-bond acceptors (Lipinski definition) is 4. The fourth-order valence-corrected chi connectivity index (χ4v) is 2.48. The molecule has 1 aromatic carbocycles. The van der Waals surface area contributed by atoms with Crippen molar-refractivity contribution in [2.45, 2.75) is 20.0 Å². The van der Waals surface area contributed by atoms with E-state index in [0.29, 0.717) is 12.2 Å². The quantitative estimate of drug-likeness (QED) is 0.838. The van der Waals surface area contributed by atoms with E-state index in [4.69, 9.17) is 10.00 Å². The minimum Gasteiger partial charge on any atom is -0.372 e. The summed E-state index contributed by atoms with van der Waals surface area (Å²) in [5.41, 5.74) is 2.63. The zero-order valence-electron chi connectivity index (χ0n) is 10.4. The van der Waals surface area contributed by atoms with E-state index in [1.165, 1.54) is 0 Å². The van der Waals surface area contributed by atoms with Gasteiger partial charge in [-0.25, -0.2) is 4.98 Å². The van der Waals surface area contributed by atoms with Crippen molar-refractivity contribution in [2.24, 2.45) is 0 Å². The summed E-state index contributed by atoms with van der Waals surface area (Å²) in [6, 6.07) is 9.56. The lowest BCUT2D eigenvalue weighted by Gasteiger charge is -2.06. The SMILES string of the molecule is CCOC(C)c1nc(-c2ccc(C#N)cc2)cs1. The molecule has 0 saturated heterocycles. The average molecular weight is 258 g/mol. The molecule has 0 spiro atoms. The Labute approximate surface area is 111 Å². The molecule has 0 fully saturated rings. The molecule has 0 aliphatic rings. The van der Waals surface area contributed by atoms with Crippen molar-refractivity contribution in [3.63, 3.8) is 0 Å². The standard InChI is InChI=1S/C14H14N2OS/c1-3-17-10(2)14-16-13(9-18-14)12-6-4-11(8-15)5-7-12/h4-7,9-10H,3H2,1-2H3. The molecule has 1 heterocycles. The number of thiazole rings is 1. The monoisotopic (exact) mass is 258 g/mol. The molecule has 0 bridgehead atoms. The van der Waals surface area contributed by atoms with Crippen molar-refractivity contribution in [1.82, 2.24) is 4.98 Å². The Hall–Kier alpha value is -1.70. The molecule has 3 nitrogen and oxygen atoms in total. The molecule has 1 aromatic heterocycles. The molecular formula is C14H14N2OS. The second-order valence-corrected chi connectivity index (χ2v) is 4.75. The van der Waals surface area contributed by atoms with Crippen LogP contribution in [0, 0.1) is 11.3 Å². The van der Waals surface area contributed by atoms with Gasteiger partial charge in [-0.1, -0.05) is 12.1 Å². The molecular weight excluding hydrogens is 244 g/mol. The lowest BCUT2D eigenvalue weighted by atomic mass is 10.1. The second-order valence-electron chi connectivity index (χ2n) is 3.86. The predicted molar refractivity (Wildman–Crippen MR) is 72.3 cm³/mol.